The van der Waals surface area contributed by atoms with E-state index in [2.05, 4.69) is 0 Å². The average Bonchev–Trinajstić information content (AvgIpc) is 2.23. The van der Waals surface area contributed by atoms with Gasteiger partial charge in [-0.05, 0) is 12.1 Å². The summed E-state index contributed by atoms with van der Waals surface area (Å²) in [6.45, 7) is 0. The Morgan fingerprint density at radius 1 is 0.600 bits per heavy atom. The minimum absolute atomic E-state index is 0.0680. The molecule has 3 N–H and O–H groups in total. The molecule has 0 atom stereocenters. The molecule has 2 rings (SSSR count). The molecule has 0 heterocycles. The van der Waals surface area contributed by atoms with Crippen LogP contribution < -0.4 is 0 Å². The predicted molar refractivity (Wildman–Crippen MR) is 56.9 cm³/mol. The van der Waals surface area contributed by atoms with Gasteiger partial charge in [-0.3, -0.25) is 0 Å². The zero-order valence-corrected chi connectivity index (χ0v) is 7.88. The lowest BCUT2D eigenvalue weighted by molar-refractivity contribution is 0.405. The van der Waals surface area contributed by atoms with Crippen LogP contribution in [0.5, 0.6) is 17.2 Å². The Balaban J connectivity index is 2.65. The van der Waals surface area contributed by atoms with Crippen LogP contribution in [0.1, 0.15) is 0 Å². The summed E-state index contributed by atoms with van der Waals surface area (Å²) < 4.78 is 0. The molecule has 76 valence electrons. The standard InChI is InChI=1S/C12H10O3/c13-10-6-2-1-4-8(10)9-5-3-7-11(14)12(9)15/h1-7,13-15H. The van der Waals surface area contributed by atoms with Gasteiger partial charge in [0.25, 0.3) is 0 Å². The van der Waals surface area contributed by atoms with Gasteiger partial charge in [0.15, 0.2) is 11.5 Å². The molecule has 0 aliphatic carbocycles. The molecule has 0 bridgehead atoms. The van der Waals surface area contributed by atoms with Gasteiger partial charge in [-0.25, -0.2) is 0 Å². The summed E-state index contributed by atoms with van der Waals surface area (Å²) in [5, 5.41) is 28.5. The molecule has 2 aromatic rings. The Morgan fingerprint density at radius 3 is 1.93 bits per heavy atom. The van der Waals surface area contributed by atoms with Crippen molar-refractivity contribution in [1.29, 1.82) is 0 Å². The molecule has 3 nitrogen and oxygen atoms in total. The van der Waals surface area contributed by atoms with Crippen molar-refractivity contribution in [3.63, 3.8) is 0 Å². The number of hydrogen-bond acceptors (Lipinski definition) is 3. The van der Waals surface area contributed by atoms with Crippen LogP contribution in [0.3, 0.4) is 0 Å². The molecule has 0 amide bonds. The van der Waals surface area contributed by atoms with Gasteiger partial charge in [0.2, 0.25) is 0 Å². The van der Waals surface area contributed by atoms with Gasteiger partial charge in [0, 0.05) is 11.1 Å². The second kappa shape index (κ2) is 3.53. The molecule has 0 unspecified atom stereocenters. The van der Waals surface area contributed by atoms with Crippen LogP contribution in [0.4, 0.5) is 0 Å². The van der Waals surface area contributed by atoms with Crippen molar-refractivity contribution in [2.45, 2.75) is 0 Å². The number of benzene rings is 2. The molecule has 2 aromatic carbocycles. The third-order valence-corrected chi connectivity index (χ3v) is 2.21. The second-order valence-corrected chi connectivity index (χ2v) is 3.19. The summed E-state index contributed by atoms with van der Waals surface area (Å²) in [5.74, 6) is -0.354. The average molecular weight is 202 g/mol. The zero-order chi connectivity index (χ0) is 10.8. The quantitative estimate of drug-likeness (QED) is 0.622. The van der Waals surface area contributed by atoms with E-state index in [0.29, 0.717) is 11.1 Å². The molecule has 3 heteroatoms. The number of phenols is 3. The predicted octanol–water partition coefficient (Wildman–Crippen LogP) is 2.47. The summed E-state index contributed by atoms with van der Waals surface area (Å²) in [4.78, 5) is 0. The van der Waals surface area contributed by atoms with Crippen LogP contribution in [-0.4, -0.2) is 15.3 Å². The molecule has 0 aliphatic rings. The Kier molecular flexibility index (Phi) is 2.21. The normalized spacial score (nSPS) is 10.1. The summed E-state index contributed by atoms with van der Waals surface area (Å²) >= 11 is 0. The summed E-state index contributed by atoms with van der Waals surface area (Å²) in [7, 11) is 0. The van der Waals surface area contributed by atoms with Gasteiger partial charge in [-0.2, -0.15) is 0 Å². The van der Waals surface area contributed by atoms with Crippen molar-refractivity contribution in [2.75, 3.05) is 0 Å². The van der Waals surface area contributed by atoms with Crippen molar-refractivity contribution < 1.29 is 15.3 Å². The van der Waals surface area contributed by atoms with E-state index in [1.54, 1.807) is 30.3 Å². The molecule has 0 saturated heterocycles. The smallest absolute Gasteiger partial charge is 0.165 e. The maximum atomic E-state index is 9.61. The molecular weight excluding hydrogens is 192 g/mol. The molecular formula is C12H10O3. The van der Waals surface area contributed by atoms with Gasteiger partial charge in [0.05, 0.1) is 0 Å². The fourth-order valence-electron chi connectivity index (χ4n) is 1.45. The molecule has 0 radical (unpaired) electrons. The first-order chi connectivity index (χ1) is 7.20. The van der Waals surface area contributed by atoms with Crippen molar-refractivity contribution in [3.8, 4) is 28.4 Å². The molecule has 15 heavy (non-hydrogen) atoms. The van der Waals surface area contributed by atoms with E-state index in [9.17, 15) is 15.3 Å². The van der Waals surface area contributed by atoms with Gasteiger partial charge < -0.3 is 15.3 Å². The van der Waals surface area contributed by atoms with Crippen LogP contribution in [0.2, 0.25) is 0 Å². The third-order valence-electron chi connectivity index (χ3n) is 2.21. The summed E-state index contributed by atoms with van der Waals surface area (Å²) in [6.07, 6.45) is 0. The summed E-state index contributed by atoms with van der Waals surface area (Å²) in [6, 6.07) is 11.3. The fourth-order valence-corrected chi connectivity index (χ4v) is 1.45. The minimum Gasteiger partial charge on any atom is -0.507 e. The van der Waals surface area contributed by atoms with E-state index in [-0.39, 0.29) is 17.2 Å². The first-order valence-corrected chi connectivity index (χ1v) is 4.49. The highest BCUT2D eigenvalue weighted by Crippen LogP contribution is 2.39. The maximum Gasteiger partial charge on any atom is 0.165 e. The van der Waals surface area contributed by atoms with E-state index in [0.717, 1.165) is 0 Å². The number of para-hydroxylation sites is 2. The van der Waals surface area contributed by atoms with Gasteiger partial charge in [0.1, 0.15) is 5.75 Å². The highest BCUT2D eigenvalue weighted by atomic mass is 16.3. The maximum absolute atomic E-state index is 9.61. The van der Waals surface area contributed by atoms with E-state index in [1.807, 2.05) is 0 Å². The van der Waals surface area contributed by atoms with Crippen LogP contribution in [0.15, 0.2) is 42.5 Å². The lowest BCUT2D eigenvalue weighted by Gasteiger charge is -2.07. The minimum atomic E-state index is -0.223. The second-order valence-electron chi connectivity index (χ2n) is 3.19. The van der Waals surface area contributed by atoms with Crippen LogP contribution in [0, 0.1) is 0 Å². The van der Waals surface area contributed by atoms with Crippen molar-refractivity contribution >= 4 is 0 Å². The first-order valence-electron chi connectivity index (χ1n) is 4.49. The van der Waals surface area contributed by atoms with Crippen molar-refractivity contribution in [3.05, 3.63) is 42.5 Å². The lowest BCUT2D eigenvalue weighted by Crippen LogP contribution is -1.80. The van der Waals surface area contributed by atoms with Crippen LogP contribution >= 0.6 is 0 Å². The molecule has 0 spiro atoms. The number of phenolic OH excluding ortho intramolecular Hbond substituents is 3. The van der Waals surface area contributed by atoms with Gasteiger partial charge in [-0.15, -0.1) is 0 Å². The number of hydrogen-bond donors (Lipinski definition) is 3. The molecule has 0 aliphatic heterocycles. The molecule has 0 saturated carbocycles. The number of rotatable bonds is 1. The third kappa shape index (κ3) is 1.59. The van der Waals surface area contributed by atoms with Crippen molar-refractivity contribution in [2.24, 2.45) is 0 Å². The lowest BCUT2D eigenvalue weighted by atomic mass is 10.0. The van der Waals surface area contributed by atoms with Gasteiger partial charge in [-0.1, -0.05) is 30.3 Å². The van der Waals surface area contributed by atoms with Crippen LogP contribution in [0.25, 0.3) is 11.1 Å². The highest BCUT2D eigenvalue weighted by molar-refractivity contribution is 5.77. The first kappa shape index (κ1) is 9.40. The molecule has 0 fully saturated rings. The van der Waals surface area contributed by atoms with Crippen LogP contribution in [-0.2, 0) is 0 Å². The Bertz CT molecular complexity index is 492. The Hall–Kier alpha value is -2.16. The van der Waals surface area contributed by atoms with Gasteiger partial charge >= 0.3 is 0 Å². The monoisotopic (exact) mass is 202 g/mol. The van der Waals surface area contributed by atoms with E-state index in [4.69, 9.17) is 0 Å². The number of aromatic hydroxyl groups is 3. The summed E-state index contributed by atoms with van der Waals surface area (Å²) in [5.41, 5.74) is 0.902. The Morgan fingerprint density at radius 2 is 1.20 bits per heavy atom. The Labute approximate surface area is 86.9 Å². The highest BCUT2D eigenvalue weighted by Gasteiger charge is 2.10. The topological polar surface area (TPSA) is 60.7 Å². The van der Waals surface area contributed by atoms with Crippen molar-refractivity contribution in [1.82, 2.24) is 0 Å². The fraction of sp³-hybridized carbons (Fsp3) is 0. The zero-order valence-electron chi connectivity index (χ0n) is 7.88. The van der Waals surface area contributed by atoms with E-state index in [1.165, 1.54) is 12.1 Å². The van der Waals surface area contributed by atoms with E-state index < -0.39 is 0 Å². The SMILES string of the molecule is Oc1ccccc1-c1cccc(O)c1O. The largest absolute Gasteiger partial charge is 0.507 e. The van der Waals surface area contributed by atoms with E-state index >= 15 is 0 Å². The molecule has 0 aromatic heterocycles.